The van der Waals surface area contributed by atoms with Crippen molar-refractivity contribution in [2.24, 2.45) is 0 Å². The van der Waals surface area contributed by atoms with Crippen molar-refractivity contribution in [3.63, 3.8) is 0 Å². The van der Waals surface area contributed by atoms with E-state index >= 15 is 0 Å². The van der Waals surface area contributed by atoms with Crippen LogP contribution in [0.4, 0.5) is 0 Å². The second kappa shape index (κ2) is 7.43. The highest BCUT2D eigenvalue weighted by Crippen LogP contribution is 2.33. The minimum absolute atomic E-state index is 0. The minimum Gasteiger partial charge on any atom is -0.308 e. The molecule has 2 aliphatic carbocycles. The van der Waals surface area contributed by atoms with Crippen molar-refractivity contribution in [3.05, 3.63) is 12.7 Å². The maximum Gasteiger partial charge on any atom is 0.0218 e. The first-order valence-electron chi connectivity index (χ1n) is 7.23. The molecule has 2 fully saturated rings. The average Bonchev–Trinajstić information content (AvgIpc) is 2.31. The molecule has 100 valence electrons. The zero-order chi connectivity index (χ0) is 11.3. The molecule has 0 saturated heterocycles. The van der Waals surface area contributed by atoms with Crippen LogP contribution >= 0.6 is 12.4 Å². The van der Waals surface area contributed by atoms with Gasteiger partial charge in [-0.2, -0.15) is 0 Å². The smallest absolute Gasteiger partial charge is 0.0218 e. The van der Waals surface area contributed by atoms with E-state index in [1.807, 2.05) is 0 Å². The normalized spacial score (nSPS) is 24.9. The van der Waals surface area contributed by atoms with Crippen molar-refractivity contribution in [1.82, 2.24) is 5.32 Å². The lowest BCUT2D eigenvalue weighted by atomic mass is 9.78. The van der Waals surface area contributed by atoms with Gasteiger partial charge in [-0.05, 0) is 32.1 Å². The summed E-state index contributed by atoms with van der Waals surface area (Å²) in [6.45, 7) is 3.95. The predicted octanol–water partition coefficient (Wildman–Crippen LogP) is 4.61. The molecule has 0 amide bonds. The summed E-state index contributed by atoms with van der Waals surface area (Å²) >= 11 is 0. The fourth-order valence-electron chi connectivity index (χ4n) is 3.59. The van der Waals surface area contributed by atoms with Crippen LogP contribution in [0.2, 0.25) is 0 Å². The van der Waals surface area contributed by atoms with Crippen molar-refractivity contribution < 1.29 is 0 Å². The summed E-state index contributed by atoms with van der Waals surface area (Å²) in [5.74, 6) is 0. The first-order valence-corrected chi connectivity index (χ1v) is 7.23. The Kier molecular flexibility index (Phi) is 6.58. The van der Waals surface area contributed by atoms with Gasteiger partial charge in [-0.25, -0.2) is 0 Å². The third kappa shape index (κ3) is 4.30. The van der Waals surface area contributed by atoms with Gasteiger partial charge in [-0.15, -0.1) is 19.0 Å². The number of nitrogens with one attached hydrogen (secondary N) is 1. The molecule has 2 aliphatic rings. The van der Waals surface area contributed by atoms with Crippen LogP contribution in [0.15, 0.2) is 12.7 Å². The molecule has 0 unspecified atom stereocenters. The third-order valence-corrected chi connectivity index (χ3v) is 4.46. The summed E-state index contributed by atoms with van der Waals surface area (Å²) in [5, 5.41) is 4.00. The van der Waals surface area contributed by atoms with Gasteiger partial charge in [0.25, 0.3) is 0 Å². The Morgan fingerprint density at radius 2 is 1.59 bits per heavy atom. The first-order chi connectivity index (χ1) is 7.85. The SMILES string of the molecule is C=CCC1(NC2CCCCC2)CCCCC1.Cl. The lowest BCUT2D eigenvalue weighted by Gasteiger charge is -2.42. The molecule has 1 nitrogen and oxygen atoms in total. The van der Waals surface area contributed by atoms with Crippen LogP contribution in [0.5, 0.6) is 0 Å². The Labute approximate surface area is 113 Å². The molecule has 0 atom stereocenters. The Morgan fingerprint density at radius 1 is 1.00 bits per heavy atom. The second-order valence-corrected chi connectivity index (χ2v) is 5.81. The van der Waals surface area contributed by atoms with Gasteiger partial charge in [0, 0.05) is 11.6 Å². The largest absolute Gasteiger partial charge is 0.308 e. The van der Waals surface area contributed by atoms with E-state index < -0.39 is 0 Å². The Bertz CT molecular complexity index is 215. The Morgan fingerprint density at radius 3 is 2.18 bits per heavy atom. The van der Waals surface area contributed by atoms with Crippen molar-refractivity contribution >= 4 is 12.4 Å². The summed E-state index contributed by atoms with van der Waals surface area (Å²) < 4.78 is 0. The Balaban J connectivity index is 0.00000144. The molecule has 2 rings (SSSR count). The molecular weight excluding hydrogens is 230 g/mol. The van der Waals surface area contributed by atoms with Crippen LogP contribution in [0, 0.1) is 0 Å². The van der Waals surface area contributed by atoms with Gasteiger partial charge in [0.15, 0.2) is 0 Å². The minimum atomic E-state index is 0. The fraction of sp³-hybridized carbons (Fsp3) is 0.867. The van der Waals surface area contributed by atoms with Crippen molar-refractivity contribution in [1.29, 1.82) is 0 Å². The summed E-state index contributed by atoms with van der Waals surface area (Å²) in [5.41, 5.74) is 0.419. The van der Waals surface area contributed by atoms with E-state index in [1.54, 1.807) is 0 Å². The summed E-state index contributed by atoms with van der Waals surface area (Å²) in [4.78, 5) is 0. The van der Waals surface area contributed by atoms with Gasteiger partial charge >= 0.3 is 0 Å². The molecule has 0 aromatic heterocycles. The van der Waals surface area contributed by atoms with Gasteiger partial charge in [-0.3, -0.25) is 0 Å². The monoisotopic (exact) mass is 257 g/mol. The van der Waals surface area contributed by atoms with Crippen LogP contribution in [0.3, 0.4) is 0 Å². The average molecular weight is 258 g/mol. The van der Waals surface area contributed by atoms with Gasteiger partial charge < -0.3 is 5.32 Å². The van der Waals surface area contributed by atoms with E-state index in [0.717, 1.165) is 6.04 Å². The zero-order valence-corrected chi connectivity index (χ0v) is 11.9. The topological polar surface area (TPSA) is 12.0 Å². The number of hydrogen-bond acceptors (Lipinski definition) is 1. The number of hydrogen-bond donors (Lipinski definition) is 1. The maximum atomic E-state index is 4.00. The molecular formula is C15H28ClN. The molecule has 0 aromatic carbocycles. The van der Waals surface area contributed by atoms with Crippen LogP contribution < -0.4 is 5.32 Å². The van der Waals surface area contributed by atoms with Crippen molar-refractivity contribution in [2.75, 3.05) is 0 Å². The molecule has 0 heterocycles. The highest BCUT2D eigenvalue weighted by molar-refractivity contribution is 5.85. The van der Waals surface area contributed by atoms with E-state index in [0.29, 0.717) is 5.54 Å². The number of rotatable bonds is 4. The van der Waals surface area contributed by atoms with Gasteiger partial charge in [0.2, 0.25) is 0 Å². The molecule has 0 aliphatic heterocycles. The lowest BCUT2D eigenvalue weighted by molar-refractivity contribution is 0.188. The molecule has 0 aromatic rings. The highest BCUT2D eigenvalue weighted by atomic mass is 35.5. The molecule has 1 N–H and O–H groups in total. The summed E-state index contributed by atoms with van der Waals surface area (Å²) in [7, 11) is 0. The highest BCUT2D eigenvalue weighted by Gasteiger charge is 2.32. The summed E-state index contributed by atoms with van der Waals surface area (Å²) in [6.07, 6.45) is 17.4. The standard InChI is InChI=1S/C15H27N.ClH/c1-2-11-15(12-7-4-8-13-15)16-14-9-5-3-6-10-14;/h2,14,16H,1,3-13H2;1H. The lowest BCUT2D eigenvalue weighted by Crippen LogP contribution is -2.51. The summed E-state index contributed by atoms with van der Waals surface area (Å²) in [6, 6.07) is 0.798. The Hall–Kier alpha value is -0.0100. The molecule has 0 radical (unpaired) electrons. The fourth-order valence-corrected chi connectivity index (χ4v) is 3.59. The van der Waals surface area contributed by atoms with Crippen molar-refractivity contribution in [3.8, 4) is 0 Å². The van der Waals surface area contributed by atoms with E-state index in [-0.39, 0.29) is 12.4 Å². The quantitative estimate of drug-likeness (QED) is 0.726. The van der Waals surface area contributed by atoms with Gasteiger partial charge in [0.05, 0.1) is 0 Å². The third-order valence-electron chi connectivity index (χ3n) is 4.46. The maximum absolute atomic E-state index is 4.00. The van der Waals surface area contributed by atoms with E-state index in [9.17, 15) is 0 Å². The molecule has 2 heteroatoms. The second-order valence-electron chi connectivity index (χ2n) is 5.81. The molecule has 0 bridgehead atoms. The zero-order valence-electron chi connectivity index (χ0n) is 11.0. The van der Waals surface area contributed by atoms with Gasteiger partial charge in [-0.1, -0.05) is 44.6 Å². The van der Waals surface area contributed by atoms with E-state index in [4.69, 9.17) is 0 Å². The number of halogens is 1. The predicted molar refractivity (Wildman–Crippen MR) is 77.9 cm³/mol. The van der Waals surface area contributed by atoms with E-state index in [2.05, 4.69) is 18.0 Å². The first kappa shape index (κ1) is 15.0. The molecule has 17 heavy (non-hydrogen) atoms. The van der Waals surface area contributed by atoms with Crippen LogP contribution in [-0.2, 0) is 0 Å². The van der Waals surface area contributed by atoms with Crippen LogP contribution in [0.25, 0.3) is 0 Å². The van der Waals surface area contributed by atoms with E-state index in [1.165, 1.54) is 70.6 Å². The van der Waals surface area contributed by atoms with Crippen LogP contribution in [0.1, 0.15) is 70.6 Å². The molecule has 0 spiro atoms. The van der Waals surface area contributed by atoms with Gasteiger partial charge in [0.1, 0.15) is 0 Å². The molecule has 2 saturated carbocycles. The van der Waals surface area contributed by atoms with Crippen molar-refractivity contribution in [2.45, 2.75) is 82.2 Å². The van der Waals surface area contributed by atoms with Crippen LogP contribution in [-0.4, -0.2) is 11.6 Å².